The van der Waals surface area contributed by atoms with Crippen LogP contribution in [0.3, 0.4) is 0 Å². The van der Waals surface area contributed by atoms with Crippen molar-refractivity contribution < 1.29 is 0 Å². The molecule has 0 bridgehead atoms. The molecule has 0 spiro atoms. The van der Waals surface area contributed by atoms with E-state index in [2.05, 4.69) is 15.0 Å². The van der Waals surface area contributed by atoms with Crippen molar-refractivity contribution >= 4 is 22.8 Å². The number of nitrogens with zero attached hydrogens (tertiary/aromatic N) is 3. The van der Waals surface area contributed by atoms with Crippen molar-refractivity contribution in [3.8, 4) is 0 Å². The molecule has 18 heavy (non-hydrogen) atoms. The van der Waals surface area contributed by atoms with E-state index < -0.39 is 11.1 Å². The van der Waals surface area contributed by atoms with Crippen LogP contribution in [0.5, 0.6) is 0 Å². The zero-order chi connectivity index (χ0) is 13.4. The number of aryl methyl sites for hydroxylation is 1. The third-order valence-corrected chi connectivity index (χ3v) is 3.12. The summed E-state index contributed by atoms with van der Waals surface area (Å²) in [6.45, 7) is 5.49. The van der Waals surface area contributed by atoms with Crippen LogP contribution >= 0.6 is 11.6 Å². The molecule has 0 fully saturated rings. The molecular weight excluding hydrogens is 256 g/mol. The van der Waals surface area contributed by atoms with Crippen LogP contribution in [0.25, 0.3) is 11.2 Å². The molecule has 2 rings (SSSR count). The van der Waals surface area contributed by atoms with Crippen molar-refractivity contribution in [3.63, 3.8) is 0 Å². The van der Waals surface area contributed by atoms with Gasteiger partial charge < -0.3 is 4.98 Å². The minimum Gasteiger partial charge on any atom is -0.313 e. The molecule has 2 aromatic rings. The minimum absolute atomic E-state index is 0.0588. The zero-order valence-corrected chi connectivity index (χ0v) is 11.1. The lowest BCUT2D eigenvalue weighted by molar-refractivity contribution is 0.522. The van der Waals surface area contributed by atoms with Crippen LogP contribution in [-0.2, 0) is 0 Å². The second-order valence-electron chi connectivity index (χ2n) is 4.16. The van der Waals surface area contributed by atoms with Gasteiger partial charge in [-0.05, 0) is 31.9 Å². The average molecular weight is 269 g/mol. The lowest BCUT2D eigenvalue weighted by Crippen LogP contribution is -2.38. The van der Waals surface area contributed by atoms with E-state index in [9.17, 15) is 9.59 Å². The van der Waals surface area contributed by atoms with Gasteiger partial charge in [-0.3, -0.25) is 14.2 Å². The monoisotopic (exact) mass is 268 g/mol. The topological polar surface area (TPSA) is 80.6 Å². The van der Waals surface area contributed by atoms with Gasteiger partial charge in [-0.2, -0.15) is 4.98 Å². The molecule has 0 amide bonds. The number of aromatic amines is 1. The molecule has 1 N–H and O–H groups in total. The quantitative estimate of drug-likeness (QED) is 0.660. The van der Waals surface area contributed by atoms with Crippen molar-refractivity contribution in [2.45, 2.75) is 33.2 Å². The van der Waals surface area contributed by atoms with Crippen molar-refractivity contribution in [3.05, 3.63) is 31.7 Å². The Hall–Kier alpha value is -1.69. The van der Waals surface area contributed by atoms with Gasteiger partial charge in [-0.15, -0.1) is 0 Å². The van der Waals surface area contributed by atoms with Crippen molar-refractivity contribution in [1.29, 1.82) is 0 Å². The molecular formula is C11H13ClN4O2. The summed E-state index contributed by atoms with van der Waals surface area (Å²) < 4.78 is 1.37. The largest absolute Gasteiger partial charge is 0.318 e. The molecule has 0 saturated heterocycles. The normalized spacial score (nSPS) is 12.9. The Morgan fingerprint density at radius 2 is 2.06 bits per heavy atom. The highest BCUT2D eigenvalue weighted by molar-refractivity contribution is 6.28. The first-order chi connectivity index (χ1) is 8.45. The van der Waals surface area contributed by atoms with Gasteiger partial charge in [0.15, 0.2) is 5.65 Å². The van der Waals surface area contributed by atoms with Crippen LogP contribution in [0.15, 0.2) is 9.59 Å². The summed E-state index contributed by atoms with van der Waals surface area (Å²) in [7, 11) is 0. The lowest BCUT2D eigenvalue weighted by atomic mass is 10.2. The molecule has 0 aliphatic carbocycles. The molecule has 0 aliphatic rings. The number of H-pyrrole nitrogens is 1. The van der Waals surface area contributed by atoms with Crippen molar-refractivity contribution in [1.82, 2.24) is 19.5 Å². The van der Waals surface area contributed by atoms with Gasteiger partial charge in [0, 0.05) is 6.04 Å². The van der Waals surface area contributed by atoms with E-state index in [4.69, 9.17) is 11.6 Å². The van der Waals surface area contributed by atoms with E-state index in [-0.39, 0.29) is 11.3 Å². The van der Waals surface area contributed by atoms with Gasteiger partial charge >= 0.3 is 11.1 Å². The number of aromatic nitrogens is 4. The Morgan fingerprint density at radius 1 is 1.39 bits per heavy atom. The zero-order valence-electron chi connectivity index (χ0n) is 10.3. The summed E-state index contributed by atoms with van der Waals surface area (Å²) in [5.41, 5.74) is 0.0674. The fourth-order valence-corrected chi connectivity index (χ4v) is 2.02. The molecule has 0 aromatic carbocycles. The molecule has 0 saturated carbocycles. The molecule has 0 radical (unpaired) electrons. The SMILES string of the molecule is CC[C@@H](C)n1c(=O)c(=O)[nH]c2c(C)nc(Cl)nc21. The van der Waals surface area contributed by atoms with Crippen LogP contribution in [0.1, 0.15) is 32.0 Å². The molecule has 2 heterocycles. The molecule has 2 aromatic heterocycles. The van der Waals surface area contributed by atoms with Gasteiger partial charge in [0.25, 0.3) is 0 Å². The number of hydrogen-bond acceptors (Lipinski definition) is 4. The van der Waals surface area contributed by atoms with E-state index in [0.29, 0.717) is 23.3 Å². The maximum atomic E-state index is 11.9. The van der Waals surface area contributed by atoms with E-state index in [1.807, 2.05) is 13.8 Å². The summed E-state index contributed by atoms with van der Waals surface area (Å²) in [5.74, 6) is 0. The predicted octanol–water partition coefficient (Wildman–Crippen LogP) is 1.41. The van der Waals surface area contributed by atoms with Crippen LogP contribution in [-0.4, -0.2) is 19.5 Å². The number of nitrogens with one attached hydrogen (secondary N) is 1. The summed E-state index contributed by atoms with van der Waals surface area (Å²) in [5, 5.41) is 0.0588. The third kappa shape index (κ3) is 1.92. The Bertz CT molecular complexity index is 719. The highest BCUT2D eigenvalue weighted by atomic mass is 35.5. The van der Waals surface area contributed by atoms with E-state index >= 15 is 0 Å². The second-order valence-corrected chi connectivity index (χ2v) is 4.50. The fraction of sp³-hybridized carbons (Fsp3) is 0.455. The number of halogens is 1. The van der Waals surface area contributed by atoms with Crippen LogP contribution in [0, 0.1) is 6.92 Å². The van der Waals surface area contributed by atoms with E-state index in [1.54, 1.807) is 6.92 Å². The summed E-state index contributed by atoms with van der Waals surface area (Å²) in [6, 6.07) is -0.132. The van der Waals surface area contributed by atoms with Crippen LogP contribution in [0.4, 0.5) is 0 Å². The Morgan fingerprint density at radius 3 is 2.67 bits per heavy atom. The molecule has 0 aliphatic heterocycles. The molecule has 96 valence electrons. The average Bonchev–Trinajstić information content (AvgIpc) is 2.31. The first-order valence-corrected chi connectivity index (χ1v) is 6.02. The van der Waals surface area contributed by atoms with Gasteiger partial charge in [0.1, 0.15) is 5.52 Å². The van der Waals surface area contributed by atoms with Crippen LogP contribution in [0.2, 0.25) is 5.28 Å². The Labute approximate surface area is 108 Å². The molecule has 6 nitrogen and oxygen atoms in total. The van der Waals surface area contributed by atoms with Crippen molar-refractivity contribution in [2.24, 2.45) is 0 Å². The maximum Gasteiger partial charge on any atom is 0.318 e. The summed E-state index contributed by atoms with van der Waals surface area (Å²) in [6.07, 6.45) is 0.707. The van der Waals surface area contributed by atoms with E-state index in [0.717, 1.165) is 0 Å². The fourth-order valence-electron chi connectivity index (χ4n) is 1.81. The third-order valence-electron chi connectivity index (χ3n) is 2.95. The first kappa shape index (κ1) is 12.8. The van der Waals surface area contributed by atoms with Crippen molar-refractivity contribution in [2.75, 3.05) is 0 Å². The molecule has 1 atom stereocenters. The second kappa shape index (κ2) is 4.53. The lowest BCUT2D eigenvalue weighted by Gasteiger charge is -2.15. The Kier molecular flexibility index (Phi) is 3.21. The van der Waals surface area contributed by atoms with Gasteiger partial charge in [-0.1, -0.05) is 6.92 Å². The smallest absolute Gasteiger partial charge is 0.313 e. The summed E-state index contributed by atoms with van der Waals surface area (Å²) in [4.78, 5) is 34.1. The van der Waals surface area contributed by atoms with Gasteiger partial charge in [-0.25, -0.2) is 4.98 Å². The van der Waals surface area contributed by atoms with Crippen LogP contribution < -0.4 is 11.1 Å². The van der Waals surface area contributed by atoms with E-state index in [1.165, 1.54) is 4.57 Å². The highest BCUT2D eigenvalue weighted by Gasteiger charge is 2.15. The first-order valence-electron chi connectivity index (χ1n) is 5.64. The minimum atomic E-state index is -0.670. The standard InChI is InChI=1S/C11H13ClN4O2/c1-4-5(2)16-8-7(14-9(17)10(16)18)6(3)13-11(12)15-8/h5H,4H2,1-3H3,(H,14,17)/t5-/m1/s1. The maximum absolute atomic E-state index is 11.9. The number of hydrogen-bond donors (Lipinski definition) is 1. The van der Waals surface area contributed by atoms with Gasteiger partial charge in [0.05, 0.1) is 5.69 Å². The molecule has 7 heteroatoms. The number of fused-ring (bicyclic) bond motifs is 1. The summed E-state index contributed by atoms with van der Waals surface area (Å²) >= 11 is 5.81. The predicted molar refractivity (Wildman–Crippen MR) is 69.2 cm³/mol. The number of rotatable bonds is 2. The molecule has 0 unspecified atom stereocenters. The highest BCUT2D eigenvalue weighted by Crippen LogP contribution is 2.17. The Balaban J connectivity index is 3.02. The van der Waals surface area contributed by atoms with Gasteiger partial charge in [0.2, 0.25) is 5.28 Å².